The summed E-state index contributed by atoms with van der Waals surface area (Å²) in [5.74, 6) is 0. The van der Waals surface area contributed by atoms with Crippen molar-refractivity contribution in [2.75, 3.05) is 27.2 Å². The van der Waals surface area contributed by atoms with E-state index in [0.717, 1.165) is 17.6 Å². The largest absolute Gasteiger partial charge is 0.511 e. The Hall–Kier alpha value is -1.07. The Bertz CT molecular complexity index is 427. The van der Waals surface area contributed by atoms with E-state index in [-0.39, 0.29) is 0 Å². The molecule has 0 aliphatic heterocycles. The Balaban J connectivity index is 0. The summed E-state index contributed by atoms with van der Waals surface area (Å²) in [5.41, 5.74) is -5.96. The van der Waals surface area contributed by atoms with E-state index < -0.39 is 26.6 Å². The molecule has 0 aromatic carbocycles. The third-order valence-corrected chi connectivity index (χ3v) is 2.91. The SMILES string of the molecule is C=CC[N+](C)(C)CC=C.O=S(=O)(NC(F)(F)F)C(F)(F)F. The van der Waals surface area contributed by atoms with Crippen LogP contribution < -0.4 is 4.72 Å². The molecule has 0 saturated carbocycles. The number of nitrogens with zero attached hydrogens (tertiary/aromatic N) is 1. The number of alkyl halides is 6. The number of nitrogens with one attached hydrogen (secondary N) is 1. The Morgan fingerprint density at radius 3 is 1.48 bits per heavy atom. The molecule has 0 unspecified atom stereocenters. The third-order valence-electron chi connectivity index (χ3n) is 1.80. The maximum Gasteiger partial charge on any atom is 0.511 e. The molecule has 21 heavy (non-hydrogen) atoms. The number of rotatable bonds is 5. The highest BCUT2D eigenvalue weighted by Crippen LogP contribution is 2.25. The number of sulfonamides is 1. The number of quaternary nitrogens is 1. The molecule has 0 amide bonds. The monoisotopic (exact) mass is 343 g/mol. The van der Waals surface area contributed by atoms with Crippen molar-refractivity contribution in [3.05, 3.63) is 25.3 Å². The molecule has 1 N–H and O–H groups in total. The van der Waals surface area contributed by atoms with Crippen LogP contribution in [0, 0.1) is 0 Å². The van der Waals surface area contributed by atoms with Gasteiger partial charge in [-0.15, -0.1) is 4.72 Å². The van der Waals surface area contributed by atoms with Gasteiger partial charge in [0.25, 0.3) is 0 Å². The fourth-order valence-electron chi connectivity index (χ4n) is 0.984. The van der Waals surface area contributed by atoms with Gasteiger partial charge in [-0.2, -0.15) is 26.3 Å². The van der Waals surface area contributed by atoms with Gasteiger partial charge < -0.3 is 4.48 Å². The fourth-order valence-corrected chi connectivity index (χ4v) is 1.40. The first-order valence-corrected chi connectivity index (χ1v) is 6.77. The van der Waals surface area contributed by atoms with Gasteiger partial charge in [0.15, 0.2) is 0 Å². The lowest BCUT2D eigenvalue weighted by Gasteiger charge is -2.26. The fraction of sp³-hybridized carbons (Fsp3) is 0.600. The quantitative estimate of drug-likeness (QED) is 0.361. The number of hydrogen-bond donors (Lipinski definition) is 1. The smallest absolute Gasteiger partial charge is 0.322 e. The van der Waals surface area contributed by atoms with E-state index in [4.69, 9.17) is 0 Å². The minimum Gasteiger partial charge on any atom is -0.322 e. The van der Waals surface area contributed by atoms with Crippen molar-refractivity contribution in [2.24, 2.45) is 0 Å². The second-order valence-corrected chi connectivity index (χ2v) is 6.10. The molecule has 0 aromatic rings. The minimum absolute atomic E-state index is 0.517. The summed E-state index contributed by atoms with van der Waals surface area (Å²) in [4.78, 5) is 0. The van der Waals surface area contributed by atoms with E-state index in [9.17, 15) is 34.8 Å². The zero-order valence-electron chi connectivity index (χ0n) is 11.4. The van der Waals surface area contributed by atoms with Gasteiger partial charge in [-0.3, -0.25) is 0 Å². The van der Waals surface area contributed by atoms with Crippen molar-refractivity contribution in [1.82, 2.24) is 4.72 Å². The van der Waals surface area contributed by atoms with E-state index in [2.05, 4.69) is 27.3 Å². The van der Waals surface area contributed by atoms with Crippen LogP contribution in [0.15, 0.2) is 25.3 Å². The lowest BCUT2D eigenvalue weighted by molar-refractivity contribution is -0.878. The van der Waals surface area contributed by atoms with Gasteiger partial charge in [-0.05, 0) is 12.2 Å². The molecule has 0 fully saturated rings. The molecular weight excluding hydrogens is 326 g/mol. The van der Waals surface area contributed by atoms with Gasteiger partial charge in [0.2, 0.25) is 0 Å². The van der Waals surface area contributed by atoms with Gasteiger partial charge in [0.05, 0.1) is 27.2 Å². The molecule has 0 aliphatic rings. The molecule has 0 spiro atoms. The standard InChI is InChI=1S/C8H16N.C2HF6NO2S/c1-5-7-9(3,4)8-6-2;3-1(4,5)9-12(10,11)2(6,7)8/h5-6H,1-2,7-8H2,3-4H3;9H/q+1;. The second-order valence-electron chi connectivity index (χ2n) is 4.43. The average molecular weight is 343 g/mol. The van der Waals surface area contributed by atoms with E-state index >= 15 is 0 Å². The third kappa shape index (κ3) is 11.3. The van der Waals surface area contributed by atoms with Crippen molar-refractivity contribution < 1.29 is 39.2 Å². The van der Waals surface area contributed by atoms with Crippen LogP contribution in [0.2, 0.25) is 0 Å². The van der Waals surface area contributed by atoms with Crippen molar-refractivity contribution in [3.8, 4) is 0 Å². The Morgan fingerprint density at radius 1 is 1.00 bits per heavy atom. The summed E-state index contributed by atoms with van der Waals surface area (Å²) >= 11 is 0. The maximum atomic E-state index is 11.2. The lowest BCUT2D eigenvalue weighted by atomic mass is 10.4. The molecule has 126 valence electrons. The molecule has 0 heterocycles. The molecule has 4 nitrogen and oxygen atoms in total. The molecule has 0 saturated heterocycles. The summed E-state index contributed by atoms with van der Waals surface area (Å²) < 4.78 is 86.8. The highest BCUT2D eigenvalue weighted by molar-refractivity contribution is 7.90. The molecule has 11 heteroatoms. The molecule has 0 aliphatic carbocycles. The van der Waals surface area contributed by atoms with Gasteiger partial charge in [0.1, 0.15) is 0 Å². The first-order chi connectivity index (χ1) is 9.08. The molecule has 0 aromatic heterocycles. The molecule has 0 atom stereocenters. The van der Waals surface area contributed by atoms with Crippen molar-refractivity contribution in [3.63, 3.8) is 0 Å². The van der Waals surface area contributed by atoms with Gasteiger partial charge >= 0.3 is 21.8 Å². The van der Waals surface area contributed by atoms with E-state index in [1.165, 1.54) is 0 Å². The van der Waals surface area contributed by atoms with Crippen LogP contribution in [0.1, 0.15) is 0 Å². The van der Waals surface area contributed by atoms with Crippen LogP contribution in [0.5, 0.6) is 0 Å². The van der Waals surface area contributed by atoms with E-state index in [1.54, 1.807) is 0 Å². The average Bonchev–Trinajstić information content (AvgIpc) is 2.11. The summed E-state index contributed by atoms with van der Waals surface area (Å²) in [6, 6.07) is 0. The number of halogens is 6. The van der Waals surface area contributed by atoms with Crippen LogP contribution in [-0.2, 0) is 10.0 Å². The topological polar surface area (TPSA) is 46.2 Å². The van der Waals surface area contributed by atoms with Gasteiger partial charge in [-0.1, -0.05) is 13.2 Å². The van der Waals surface area contributed by atoms with E-state index in [1.807, 2.05) is 12.2 Å². The molecule has 0 radical (unpaired) electrons. The van der Waals surface area contributed by atoms with Crippen LogP contribution in [-0.4, -0.2) is 51.9 Å². The zero-order valence-corrected chi connectivity index (χ0v) is 12.2. The predicted octanol–water partition coefficient (Wildman–Crippen LogP) is 2.38. The highest BCUT2D eigenvalue weighted by Gasteiger charge is 2.51. The summed E-state index contributed by atoms with van der Waals surface area (Å²) in [6.07, 6.45) is -1.75. The zero-order chi connectivity index (χ0) is 17.5. The van der Waals surface area contributed by atoms with Crippen LogP contribution in [0.4, 0.5) is 26.3 Å². The Morgan fingerprint density at radius 2 is 1.33 bits per heavy atom. The molecule has 0 bridgehead atoms. The van der Waals surface area contributed by atoms with Gasteiger partial charge in [-0.25, -0.2) is 8.42 Å². The highest BCUT2D eigenvalue weighted by atomic mass is 32.2. The summed E-state index contributed by atoms with van der Waals surface area (Å²) in [5, 5.41) is 0. The lowest BCUT2D eigenvalue weighted by Crippen LogP contribution is -2.44. The number of likely N-dealkylation sites (N-methyl/N-ethyl adjacent to an activating group) is 1. The first kappa shape index (κ1) is 22.2. The first-order valence-electron chi connectivity index (χ1n) is 5.29. The molecular formula is C10H17F6N2O2S+. The van der Waals surface area contributed by atoms with Crippen LogP contribution >= 0.6 is 0 Å². The normalized spacial score (nSPS) is 13.1. The van der Waals surface area contributed by atoms with Crippen LogP contribution in [0.25, 0.3) is 0 Å². The van der Waals surface area contributed by atoms with E-state index in [0.29, 0.717) is 0 Å². The summed E-state index contributed by atoms with van der Waals surface area (Å²) in [7, 11) is -2.02. The Labute approximate surface area is 119 Å². The van der Waals surface area contributed by atoms with Crippen molar-refractivity contribution in [2.45, 2.75) is 11.8 Å². The second kappa shape index (κ2) is 7.80. The van der Waals surface area contributed by atoms with Crippen LogP contribution in [0.3, 0.4) is 0 Å². The predicted molar refractivity (Wildman–Crippen MR) is 66.4 cm³/mol. The Kier molecular flexibility index (Phi) is 8.25. The van der Waals surface area contributed by atoms with Gasteiger partial charge in [0, 0.05) is 0 Å². The number of hydrogen-bond acceptors (Lipinski definition) is 2. The van der Waals surface area contributed by atoms with Crippen molar-refractivity contribution >= 4 is 10.0 Å². The maximum absolute atomic E-state index is 11.2. The molecule has 0 rings (SSSR count). The summed E-state index contributed by atoms with van der Waals surface area (Å²) in [6.45, 7) is 9.37. The minimum atomic E-state index is -6.33. The van der Waals surface area contributed by atoms with Crippen molar-refractivity contribution in [1.29, 1.82) is 0 Å².